The maximum absolute atomic E-state index is 11.9. The first-order chi connectivity index (χ1) is 20.9. The van der Waals surface area contributed by atoms with Crippen LogP contribution in [0.15, 0.2) is 91.5 Å². The molecule has 0 amide bonds. The molecule has 1 saturated heterocycles. The van der Waals surface area contributed by atoms with Crippen molar-refractivity contribution >= 4 is 34.9 Å². The smallest absolute Gasteiger partial charge is 0.249 e. The standard InChI is InChI=1S/C32H36N6O3S2/c1-21-17-34-32(35-18-21)25(20-40-13-11-37(2)3)36-22-7-8-27-29(15-22)42-28-6-4-5-24(31(28)43-27)26-19-38(12-14-41-26)23-9-10-33-30(39)16-23/h4-10,15-18,25-26,36H,11-14,19-20H2,1-3H3,(H,33,39). The van der Waals surface area contributed by atoms with E-state index in [0.717, 1.165) is 30.0 Å². The lowest BCUT2D eigenvalue weighted by atomic mass is 10.1. The maximum atomic E-state index is 11.9. The van der Waals surface area contributed by atoms with Crippen LogP contribution < -0.4 is 15.8 Å². The molecule has 2 unspecified atom stereocenters. The second-order valence-corrected chi connectivity index (χ2v) is 13.1. The molecule has 2 aliphatic rings. The lowest BCUT2D eigenvalue weighted by Gasteiger charge is -2.36. The van der Waals surface area contributed by atoms with Gasteiger partial charge >= 0.3 is 0 Å². The van der Waals surface area contributed by atoms with Crippen LogP contribution in [0.2, 0.25) is 0 Å². The van der Waals surface area contributed by atoms with Crippen LogP contribution in [0.1, 0.15) is 29.1 Å². The molecule has 0 radical (unpaired) electrons. The van der Waals surface area contributed by atoms with E-state index in [-0.39, 0.29) is 17.7 Å². The monoisotopic (exact) mass is 616 g/mol. The summed E-state index contributed by atoms with van der Waals surface area (Å²) in [5.74, 6) is 0.715. The van der Waals surface area contributed by atoms with Gasteiger partial charge < -0.3 is 29.6 Å². The SMILES string of the molecule is Cc1cnc(C(COCCN(C)C)Nc2ccc3c(c2)Sc2cccc(C4CN(c5cc[nH]c(=O)c5)CCO4)c2S3)nc1. The summed E-state index contributed by atoms with van der Waals surface area (Å²) in [6.07, 6.45) is 5.31. The van der Waals surface area contributed by atoms with Crippen molar-refractivity contribution in [1.29, 1.82) is 0 Å². The van der Waals surface area contributed by atoms with Crippen molar-refractivity contribution in [2.45, 2.75) is 38.7 Å². The Labute approximate surface area is 260 Å². The van der Waals surface area contributed by atoms with Crippen LogP contribution in [0.5, 0.6) is 0 Å². The lowest BCUT2D eigenvalue weighted by molar-refractivity contribution is 0.0379. The zero-order valence-corrected chi connectivity index (χ0v) is 26.2. The molecule has 2 N–H and O–H groups in total. The topological polar surface area (TPSA) is 95.6 Å². The number of anilines is 2. The number of morpholine rings is 1. The van der Waals surface area contributed by atoms with Gasteiger partial charge in [0.05, 0.1) is 19.8 Å². The summed E-state index contributed by atoms with van der Waals surface area (Å²) in [6.45, 7) is 6.01. The van der Waals surface area contributed by atoms with Crippen molar-refractivity contribution < 1.29 is 9.47 Å². The van der Waals surface area contributed by atoms with E-state index in [4.69, 9.17) is 9.47 Å². The van der Waals surface area contributed by atoms with Gasteiger partial charge in [-0.15, -0.1) is 0 Å². The highest BCUT2D eigenvalue weighted by atomic mass is 32.2. The number of hydrogen-bond donors (Lipinski definition) is 2. The Hall–Kier alpha value is -3.35. The Bertz CT molecular complexity index is 1610. The van der Waals surface area contributed by atoms with Crippen LogP contribution >= 0.6 is 23.5 Å². The number of H-pyrrole nitrogens is 1. The van der Waals surface area contributed by atoms with Crippen molar-refractivity contribution in [3.8, 4) is 0 Å². The maximum Gasteiger partial charge on any atom is 0.249 e. The van der Waals surface area contributed by atoms with Crippen LogP contribution in [0.25, 0.3) is 0 Å². The molecule has 0 aliphatic carbocycles. The number of aryl methyl sites for hydroxylation is 1. The Morgan fingerprint density at radius 2 is 1.98 bits per heavy atom. The lowest BCUT2D eigenvalue weighted by Crippen LogP contribution is -2.39. The molecule has 2 aromatic heterocycles. The highest BCUT2D eigenvalue weighted by Crippen LogP contribution is 2.52. The summed E-state index contributed by atoms with van der Waals surface area (Å²) in [5.41, 5.74) is 4.04. The Morgan fingerprint density at radius 1 is 1.12 bits per heavy atom. The first-order valence-corrected chi connectivity index (χ1v) is 16.0. The summed E-state index contributed by atoms with van der Waals surface area (Å²) in [7, 11) is 4.08. The van der Waals surface area contributed by atoms with E-state index in [1.54, 1.807) is 35.8 Å². The average Bonchev–Trinajstić information content (AvgIpc) is 3.01. The summed E-state index contributed by atoms with van der Waals surface area (Å²) in [4.78, 5) is 33.0. The predicted octanol–water partition coefficient (Wildman–Crippen LogP) is 5.40. The molecule has 6 rings (SSSR count). The zero-order chi connectivity index (χ0) is 29.8. The number of pyridine rings is 1. The van der Waals surface area contributed by atoms with E-state index < -0.39 is 0 Å². The Kier molecular flexibility index (Phi) is 9.34. The molecule has 2 atom stereocenters. The molecule has 4 heterocycles. The predicted molar refractivity (Wildman–Crippen MR) is 172 cm³/mol. The zero-order valence-electron chi connectivity index (χ0n) is 24.6. The fraction of sp³-hybridized carbons (Fsp3) is 0.344. The van der Waals surface area contributed by atoms with E-state index in [1.807, 2.05) is 39.5 Å². The van der Waals surface area contributed by atoms with Crippen LogP contribution in [0.3, 0.4) is 0 Å². The molecular formula is C32H36N6O3S2. The number of hydrogen-bond acceptors (Lipinski definition) is 10. The third kappa shape index (κ3) is 7.25. The van der Waals surface area contributed by atoms with Crippen molar-refractivity contribution in [3.63, 3.8) is 0 Å². The summed E-state index contributed by atoms with van der Waals surface area (Å²) in [6, 6.07) is 16.4. The molecule has 4 aromatic rings. The van der Waals surface area contributed by atoms with E-state index in [1.165, 1.54) is 25.1 Å². The molecule has 43 heavy (non-hydrogen) atoms. The largest absolute Gasteiger partial charge is 0.378 e. The van der Waals surface area contributed by atoms with Crippen LogP contribution in [0.4, 0.5) is 11.4 Å². The second-order valence-electron chi connectivity index (χ2n) is 11.0. The second kappa shape index (κ2) is 13.5. The minimum Gasteiger partial charge on any atom is -0.378 e. The fourth-order valence-electron chi connectivity index (χ4n) is 5.08. The van der Waals surface area contributed by atoms with Gasteiger partial charge in [-0.2, -0.15) is 0 Å². The van der Waals surface area contributed by atoms with Gasteiger partial charge in [0.1, 0.15) is 12.1 Å². The summed E-state index contributed by atoms with van der Waals surface area (Å²) < 4.78 is 12.3. The molecule has 0 bridgehead atoms. The van der Waals surface area contributed by atoms with Gasteiger partial charge in [-0.1, -0.05) is 35.7 Å². The van der Waals surface area contributed by atoms with Gasteiger partial charge in [-0.25, -0.2) is 9.97 Å². The fourth-order valence-corrected chi connectivity index (χ4v) is 7.53. The van der Waals surface area contributed by atoms with Gasteiger partial charge in [0.25, 0.3) is 0 Å². The number of nitrogens with zero attached hydrogens (tertiary/aromatic N) is 4. The number of aromatic nitrogens is 3. The molecule has 1 fully saturated rings. The van der Waals surface area contributed by atoms with Gasteiger partial charge in [0.2, 0.25) is 5.56 Å². The van der Waals surface area contributed by atoms with Crippen molar-refractivity contribution in [1.82, 2.24) is 19.9 Å². The number of nitrogens with one attached hydrogen (secondary N) is 2. The Morgan fingerprint density at radius 3 is 2.79 bits per heavy atom. The molecule has 0 saturated carbocycles. The highest BCUT2D eigenvalue weighted by molar-refractivity contribution is 8.05. The summed E-state index contributed by atoms with van der Waals surface area (Å²) >= 11 is 3.57. The molecule has 2 aliphatic heterocycles. The van der Waals surface area contributed by atoms with E-state index in [9.17, 15) is 4.79 Å². The average molecular weight is 617 g/mol. The normalized spacial score (nSPS) is 16.9. The van der Waals surface area contributed by atoms with Gasteiger partial charge in [0, 0.05) is 75.2 Å². The number of likely N-dealkylation sites (N-methyl/N-ethyl adjacent to an activating group) is 1. The Balaban J connectivity index is 1.19. The molecule has 224 valence electrons. The molecule has 9 nitrogen and oxygen atoms in total. The molecule has 2 aromatic carbocycles. The van der Waals surface area contributed by atoms with Gasteiger partial charge in [-0.05, 0) is 62.5 Å². The first kappa shape index (κ1) is 29.7. The van der Waals surface area contributed by atoms with Crippen LogP contribution in [0, 0.1) is 6.92 Å². The third-order valence-corrected chi connectivity index (χ3v) is 9.95. The molecular weight excluding hydrogens is 581 g/mol. The van der Waals surface area contributed by atoms with Crippen molar-refractivity contribution in [2.75, 3.05) is 63.8 Å². The van der Waals surface area contributed by atoms with Crippen molar-refractivity contribution in [2.24, 2.45) is 0 Å². The molecule has 11 heteroatoms. The van der Waals surface area contributed by atoms with Crippen molar-refractivity contribution in [3.05, 3.63) is 94.4 Å². The number of ether oxygens (including phenoxy) is 2. The van der Waals surface area contributed by atoms with Crippen LogP contribution in [-0.4, -0.2) is 73.4 Å². The number of benzene rings is 2. The van der Waals surface area contributed by atoms with Crippen LogP contribution in [-0.2, 0) is 9.47 Å². The number of rotatable bonds is 10. The summed E-state index contributed by atoms with van der Waals surface area (Å²) in [5, 5.41) is 3.63. The van der Waals surface area contributed by atoms with Gasteiger partial charge in [0.15, 0.2) is 5.82 Å². The number of aromatic amines is 1. The highest BCUT2D eigenvalue weighted by Gasteiger charge is 2.28. The van der Waals surface area contributed by atoms with E-state index in [2.05, 4.69) is 66.5 Å². The first-order valence-electron chi connectivity index (χ1n) is 14.4. The van der Waals surface area contributed by atoms with E-state index >= 15 is 0 Å². The minimum absolute atomic E-state index is 0.0821. The van der Waals surface area contributed by atoms with Gasteiger partial charge in [-0.3, -0.25) is 4.79 Å². The minimum atomic E-state index is -0.174. The quantitative estimate of drug-likeness (QED) is 0.199. The molecule has 0 spiro atoms. The number of fused-ring (bicyclic) bond motifs is 2. The third-order valence-electron chi connectivity index (χ3n) is 7.34. The van der Waals surface area contributed by atoms with E-state index in [0.29, 0.717) is 32.2 Å².